The quantitative estimate of drug-likeness (QED) is 0.804. The van der Waals surface area contributed by atoms with Gasteiger partial charge in [-0.2, -0.15) is 0 Å². The summed E-state index contributed by atoms with van der Waals surface area (Å²) in [6, 6.07) is 12.6. The summed E-state index contributed by atoms with van der Waals surface area (Å²) in [5.74, 6) is 0.428. The molecular formula is C22H26ClN3O3. The zero-order chi connectivity index (χ0) is 21.0. The summed E-state index contributed by atoms with van der Waals surface area (Å²) in [5, 5.41) is 3.35. The van der Waals surface area contributed by atoms with Crippen molar-refractivity contribution in [3.05, 3.63) is 53.1 Å². The predicted molar refractivity (Wildman–Crippen MR) is 116 cm³/mol. The second-order valence-electron chi connectivity index (χ2n) is 7.31. The van der Waals surface area contributed by atoms with Crippen molar-refractivity contribution in [1.82, 2.24) is 4.90 Å². The van der Waals surface area contributed by atoms with Crippen molar-refractivity contribution in [2.75, 3.05) is 43.5 Å². The SMILES string of the molecule is COc1ccc(Cl)cc1C(=O)Nc1ccc(N2CCN(C(=O)C(C)C)CC2)cc1. The van der Waals surface area contributed by atoms with E-state index in [0.29, 0.717) is 22.0 Å². The number of benzene rings is 2. The van der Waals surface area contributed by atoms with E-state index >= 15 is 0 Å². The van der Waals surface area contributed by atoms with E-state index in [2.05, 4.69) is 10.2 Å². The molecule has 0 aromatic heterocycles. The van der Waals surface area contributed by atoms with Crippen LogP contribution in [0.5, 0.6) is 5.75 Å². The summed E-state index contributed by atoms with van der Waals surface area (Å²) in [6.45, 7) is 6.91. The molecule has 1 heterocycles. The van der Waals surface area contributed by atoms with Crippen molar-refractivity contribution in [3.63, 3.8) is 0 Å². The summed E-state index contributed by atoms with van der Waals surface area (Å²) in [6.07, 6.45) is 0. The van der Waals surface area contributed by atoms with Gasteiger partial charge in [0.2, 0.25) is 5.91 Å². The summed E-state index contributed by atoms with van der Waals surface area (Å²) in [5.41, 5.74) is 2.14. The van der Waals surface area contributed by atoms with Gasteiger partial charge in [0, 0.05) is 48.5 Å². The van der Waals surface area contributed by atoms with Gasteiger partial charge >= 0.3 is 0 Å². The van der Waals surface area contributed by atoms with Crippen LogP contribution in [0.4, 0.5) is 11.4 Å². The maximum Gasteiger partial charge on any atom is 0.259 e. The minimum absolute atomic E-state index is 0.0302. The van der Waals surface area contributed by atoms with Crippen LogP contribution in [0.25, 0.3) is 0 Å². The fourth-order valence-electron chi connectivity index (χ4n) is 3.36. The molecule has 0 unspecified atom stereocenters. The van der Waals surface area contributed by atoms with Crippen LogP contribution in [0, 0.1) is 5.92 Å². The van der Waals surface area contributed by atoms with Crippen molar-refractivity contribution in [1.29, 1.82) is 0 Å². The van der Waals surface area contributed by atoms with Crippen LogP contribution in [0.3, 0.4) is 0 Å². The Hall–Kier alpha value is -2.73. The number of hydrogen-bond donors (Lipinski definition) is 1. The Morgan fingerprint density at radius 2 is 1.69 bits per heavy atom. The van der Waals surface area contributed by atoms with Crippen molar-refractivity contribution in [3.8, 4) is 5.75 Å². The minimum Gasteiger partial charge on any atom is -0.496 e. The highest BCUT2D eigenvalue weighted by Gasteiger charge is 2.23. The van der Waals surface area contributed by atoms with E-state index in [1.807, 2.05) is 43.0 Å². The number of nitrogens with one attached hydrogen (secondary N) is 1. The summed E-state index contributed by atoms with van der Waals surface area (Å²) in [7, 11) is 1.52. The largest absolute Gasteiger partial charge is 0.496 e. The highest BCUT2D eigenvalue weighted by molar-refractivity contribution is 6.31. The van der Waals surface area contributed by atoms with Gasteiger partial charge in [-0.05, 0) is 42.5 Å². The molecule has 0 atom stereocenters. The summed E-state index contributed by atoms with van der Waals surface area (Å²) >= 11 is 6.01. The van der Waals surface area contributed by atoms with E-state index in [4.69, 9.17) is 16.3 Å². The molecule has 2 aromatic rings. The molecule has 3 rings (SSSR count). The third kappa shape index (κ3) is 5.01. The standard InChI is InChI=1S/C22H26ClN3O3/c1-15(2)22(28)26-12-10-25(11-13-26)18-7-5-17(6-8-18)24-21(27)19-14-16(23)4-9-20(19)29-3/h4-9,14-15H,10-13H2,1-3H3,(H,24,27). The van der Waals surface area contributed by atoms with Gasteiger partial charge in [-0.25, -0.2) is 0 Å². The first-order chi connectivity index (χ1) is 13.9. The molecule has 154 valence electrons. The molecule has 7 heteroatoms. The molecule has 29 heavy (non-hydrogen) atoms. The van der Waals surface area contributed by atoms with Crippen LogP contribution in [0.15, 0.2) is 42.5 Å². The van der Waals surface area contributed by atoms with Crippen LogP contribution in [0.2, 0.25) is 5.02 Å². The Balaban J connectivity index is 1.62. The topological polar surface area (TPSA) is 61.9 Å². The zero-order valence-electron chi connectivity index (χ0n) is 16.9. The number of ether oxygens (including phenoxy) is 1. The van der Waals surface area contributed by atoms with Crippen LogP contribution >= 0.6 is 11.6 Å². The fraction of sp³-hybridized carbons (Fsp3) is 0.364. The van der Waals surface area contributed by atoms with Gasteiger partial charge in [-0.1, -0.05) is 25.4 Å². The first-order valence-corrected chi connectivity index (χ1v) is 10.1. The van der Waals surface area contributed by atoms with Gasteiger partial charge < -0.3 is 19.9 Å². The van der Waals surface area contributed by atoms with E-state index in [1.165, 1.54) is 7.11 Å². The monoisotopic (exact) mass is 415 g/mol. The molecule has 1 saturated heterocycles. The summed E-state index contributed by atoms with van der Waals surface area (Å²) in [4.78, 5) is 28.9. The average molecular weight is 416 g/mol. The average Bonchev–Trinajstić information content (AvgIpc) is 2.73. The second-order valence-corrected chi connectivity index (χ2v) is 7.75. The van der Waals surface area contributed by atoms with E-state index in [9.17, 15) is 9.59 Å². The number of anilines is 2. The number of carbonyl (C=O) groups is 2. The first kappa shape index (κ1) is 21.0. The molecule has 0 spiro atoms. The first-order valence-electron chi connectivity index (χ1n) is 9.67. The van der Waals surface area contributed by atoms with Crippen LogP contribution in [0.1, 0.15) is 24.2 Å². The van der Waals surface area contributed by atoms with Crippen LogP contribution in [-0.2, 0) is 4.79 Å². The third-order valence-electron chi connectivity index (χ3n) is 4.98. The second kappa shape index (κ2) is 9.18. The van der Waals surface area contributed by atoms with E-state index in [-0.39, 0.29) is 17.7 Å². The third-order valence-corrected chi connectivity index (χ3v) is 5.22. The lowest BCUT2D eigenvalue weighted by Gasteiger charge is -2.37. The molecule has 0 radical (unpaired) electrons. The van der Waals surface area contributed by atoms with E-state index < -0.39 is 0 Å². The molecule has 1 N–H and O–H groups in total. The Labute approximate surface area is 176 Å². The van der Waals surface area contributed by atoms with E-state index in [1.54, 1.807) is 18.2 Å². The van der Waals surface area contributed by atoms with Crippen molar-refractivity contribution < 1.29 is 14.3 Å². The molecule has 1 aliphatic rings. The lowest BCUT2D eigenvalue weighted by Crippen LogP contribution is -2.49. The Morgan fingerprint density at radius 3 is 2.28 bits per heavy atom. The van der Waals surface area contributed by atoms with E-state index in [0.717, 1.165) is 31.9 Å². The molecule has 1 fully saturated rings. The molecule has 1 aliphatic heterocycles. The normalized spacial score (nSPS) is 14.1. The molecule has 0 saturated carbocycles. The van der Waals surface area contributed by atoms with Crippen molar-refractivity contribution >= 4 is 34.8 Å². The smallest absolute Gasteiger partial charge is 0.259 e. The van der Waals surface area contributed by atoms with Gasteiger partial charge in [0.15, 0.2) is 0 Å². The molecular weight excluding hydrogens is 390 g/mol. The highest BCUT2D eigenvalue weighted by Crippen LogP contribution is 2.25. The van der Waals surface area contributed by atoms with Gasteiger partial charge in [0.05, 0.1) is 12.7 Å². The maximum absolute atomic E-state index is 12.6. The number of methoxy groups -OCH3 is 1. The maximum atomic E-state index is 12.6. The number of carbonyl (C=O) groups excluding carboxylic acids is 2. The number of rotatable bonds is 5. The Bertz CT molecular complexity index is 875. The van der Waals surface area contributed by atoms with Gasteiger partial charge in [-0.15, -0.1) is 0 Å². The van der Waals surface area contributed by atoms with Gasteiger partial charge in [-0.3, -0.25) is 9.59 Å². The van der Waals surface area contributed by atoms with Crippen LogP contribution < -0.4 is 15.0 Å². The fourth-order valence-corrected chi connectivity index (χ4v) is 3.53. The lowest BCUT2D eigenvalue weighted by atomic mass is 10.1. The summed E-state index contributed by atoms with van der Waals surface area (Å²) < 4.78 is 5.24. The predicted octanol–water partition coefficient (Wildman–Crippen LogP) is 3.91. The lowest BCUT2D eigenvalue weighted by molar-refractivity contribution is -0.134. The Morgan fingerprint density at radius 1 is 1.03 bits per heavy atom. The number of hydrogen-bond acceptors (Lipinski definition) is 4. The Kier molecular flexibility index (Phi) is 6.64. The molecule has 0 aliphatic carbocycles. The van der Waals surface area contributed by atoms with Gasteiger partial charge in [0.25, 0.3) is 5.91 Å². The van der Waals surface area contributed by atoms with Gasteiger partial charge in [0.1, 0.15) is 5.75 Å². The molecule has 2 aromatic carbocycles. The molecule has 2 amide bonds. The van der Waals surface area contributed by atoms with Crippen LogP contribution in [-0.4, -0.2) is 50.0 Å². The number of piperazine rings is 1. The molecule has 6 nitrogen and oxygen atoms in total. The minimum atomic E-state index is -0.280. The molecule has 0 bridgehead atoms. The van der Waals surface area contributed by atoms with Crippen molar-refractivity contribution in [2.45, 2.75) is 13.8 Å². The highest BCUT2D eigenvalue weighted by atomic mass is 35.5. The number of nitrogens with zero attached hydrogens (tertiary/aromatic N) is 2. The zero-order valence-corrected chi connectivity index (χ0v) is 17.7. The number of halogens is 1. The van der Waals surface area contributed by atoms with Crippen molar-refractivity contribution in [2.24, 2.45) is 5.92 Å². The number of amides is 2.